The highest BCUT2D eigenvalue weighted by molar-refractivity contribution is 5.49. The molecule has 0 aliphatic carbocycles. The maximum atomic E-state index is 11.2. The Morgan fingerprint density at radius 2 is 2.17 bits per heavy atom. The van der Waals surface area contributed by atoms with Crippen LogP contribution in [0.4, 0.5) is 0 Å². The van der Waals surface area contributed by atoms with E-state index in [1.165, 1.54) is 0 Å². The Morgan fingerprint density at radius 1 is 1.46 bits per heavy atom. The Balaban J connectivity index is 2.35. The van der Waals surface area contributed by atoms with E-state index in [0.717, 1.165) is 14.2 Å². The molecule has 24 heavy (non-hydrogen) atoms. The van der Waals surface area contributed by atoms with Crippen LogP contribution in [-0.2, 0) is 6.37 Å². The molecule has 3 rings (SSSR count). The first-order valence-electron chi connectivity index (χ1n) is 15.0. The van der Waals surface area contributed by atoms with Crippen LogP contribution >= 0.6 is 0 Å². The number of rotatable bonds is 3. The number of piperidine rings is 1. The number of nitrogens with zero attached hydrogens (tertiary/aromatic N) is 1. The predicted molar refractivity (Wildman–Crippen MR) is 95.7 cm³/mol. The normalized spacial score (nSPS) is 45.4. The van der Waals surface area contributed by atoms with Gasteiger partial charge in [-0.3, -0.25) is 4.90 Å². The van der Waals surface area contributed by atoms with E-state index in [4.69, 9.17) is 28.7 Å². The fourth-order valence-corrected chi connectivity index (χ4v) is 2.93. The number of ether oxygens (including phenoxy) is 2. The quantitative estimate of drug-likeness (QED) is 0.909. The van der Waals surface area contributed by atoms with Crippen molar-refractivity contribution in [2.45, 2.75) is 51.9 Å². The Kier molecular flexibility index (Phi) is 1.86. The topological polar surface area (TPSA) is 41.9 Å². The van der Waals surface area contributed by atoms with E-state index < -0.39 is 92.6 Å². The minimum absolute atomic E-state index is 0.338. The number of fused-ring (bicyclic) bond motifs is 3. The fourth-order valence-electron chi connectivity index (χ4n) is 2.93. The SMILES string of the molecule is [2H]c1c(OC)c(OC)c([2H])c2c1C1([2H])CC(O)C(C([2H])([2H])C(C)(C([2H])([2H])[2H])C([2H])([2H])[2H])CN1C([2H])([2H])C2([2H])[2H]. The molecule has 1 aromatic rings. The van der Waals surface area contributed by atoms with Crippen molar-refractivity contribution in [3.63, 3.8) is 0 Å². The number of methoxy groups -OCH3 is 2. The van der Waals surface area contributed by atoms with Gasteiger partial charge in [0.05, 0.1) is 24.4 Å². The molecule has 4 heteroatoms. The summed E-state index contributed by atoms with van der Waals surface area (Å²) in [6.07, 6.45) is -9.10. The molecule has 0 aromatic heterocycles. The average Bonchev–Trinajstić information content (AvgIpc) is 2.75. The van der Waals surface area contributed by atoms with Gasteiger partial charge in [0.15, 0.2) is 11.5 Å². The highest BCUT2D eigenvalue weighted by Crippen LogP contribution is 2.44. The molecule has 0 bridgehead atoms. The summed E-state index contributed by atoms with van der Waals surface area (Å²) >= 11 is 0. The maximum Gasteiger partial charge on any atom is 0.161 e. The van der Waals surface area contributed by atoms with Crippen molar-refractivity contribution in [3.05, 3.63) is 23.2 Å². The van der Waals surface area contributed by atoms with Gasteiger partial charge >= 0.3 is 0 Å². The molecule has 4 nitrogen and oxygen atoms in total. The van der Waals surface area contributed by atoms with Crippen molar-refractivity contribution in [3.8, 4) is 11.5 Å². The van der Waals surface area contributed by atoms with E-state index in [9.17, 15) is 6.48 Å². The third kappa shape index (κ3) is 3.40. The molecule has 1 saturated heterocycles. The molecular weight excluding hydrogens is 302 g/mol. The summed E-state index contributed by atoms with van der Waals surface area (Å²) in [7, 11) is 2.29. The summed E-state index contributed by atoms with van der Waals surface area (Å²) in [6, 6.07) is -3.74. The molecule has 0 amide bonds. The monoisotopic (exact) mass is 348 g/mol. The van der Waals surface area contributed by atoms with Gasteiger partial charge in [0, 0.05) is 35.5 Å². The average molecular weight is 349 g/mol. The van der Waals surface area contributed by atoms with Crippen LogP contribution in [0.2, 0.25) is 0 Å². The van der Waals surface area contributed by atoms with Gasteiger partial charge in [0.1, 0.15) is 0 Å². The second-order valence-electron chi connectivity index (χ2n) is 6.01. The number of aliphatic hydroxyl groups excluding tert-OH is 1. The molecule has 1 fully saturated rings. The van der Waals surface area contributed by atoms with Crippen LogP contribution in [0, 0.1) is 11.3 Å². The van der Waals surface area contributed by atoms with Gasteiger partial charge in [-0.2, -0.15) is 0 Å². The van der Waals surface area contributed by atoms with Crippen molar-refractivity contribution >= 4 is 0 Å². The fraction of sp³-hybridized carbons (Fsp3) is 0.700. The van der Waals surface area contributed by atoms with E-state index in [0.29, 0.717) is 11.8 Å². The highest BCUT2D eigenvalue weighted by Gasteiger charge is 2.39. The van der Waals surface area contributed by atoms with Gasteiger partial charge in [-0.1, -0.05) is 20.6 Å². The van der Waals surface area contributed by atoms with Crippen molar-refractivity contribution in [2.24, 2.45) is 11.3 Å². The lowest BCUT2D eigenvalue weighted by atomic mass is 9.75. The minimum atomic E-state index is -3.41. The van der Waals surface area contributed by atoms with Crippen LogP contribution in [0.1, 0.15) is 71.1 Å². The van der Waals surface area contributed by atoms with Gasteiger partial charge in [-0.15, -0.1) is 0 Å². The van der Waals surface area contributed by atoms with Crippen LogP contribution in [0.3, 0.4) is 0 Å². The molecule has 3 atom stereocenters. The molecule has 0 saturated carbocycles. The van der Waals surface area contributed by atoms with Crippen molar-refractivity contribution < 1.29 is 35.1 Å². The van der Waals surface area contributed by atoms with E-state index in [-0.39, 0.29) is 11.5 Å². The van der Waals surface area contributed by atoms with Crippen molar-refractivity contribution in [1.29, 1.82) is 0 Å². The summed E-state index contributed by atoms with van der Waals surface area (Å²) in [5, 5.41) is 11.2. The van der Waals surface area contributed by atoms with Crippen LogP contribution in [0.5, 0.6) is 11.5 Å². The molecule has 134 valence electrons. The van der Waals surface area contributed by atoms with Crippen molar-refractivity contribution in [1.82, 2.24) is 4.90 Å². The highest BCUT2D eigenvalue weighted by atomic mass is 16.5. The molecule has 1 aromatic carbocycles. The lowest BCUT2D eigenvalue weighted by molar-refractivity contribution is -0.0259. The Bertz CT molecular complexity index is 1130. The standard InChI is InChI=1S/C20H31NO3/c1-20(2,3)11-14-12-21-7-6-13-8-18(23-4)19(24-5)9-15(13)16(21)10-17(14)22/h8-9,14,16-17,22H,6-7,10-12H2,1-5H3/i1D3,2D3,6D2,7D2,8D,9D,11D2,16D. The lowest BCUT2D eigenvalue weighted by Gasteiger charge is -2.47. The van der Waals surface area contributed by atoms with Gasteiger partial charge in [-0.25, -0.2) is 0 Å². The Hall–Kier alpha value is -1.26. The minimum Gasteiger partial charge on any atom is -0.493 e. The zero-order valence-corrected chi connectivity index (χ0v) is 13.8. The number of hydrogen-bond donors (Lipinski definition) is 1. The zero-order valence-electron chi connectivity index (χ0n) is 28.8. The van der Waals surface area contributed by atoms with E-state index >= 15 is 0 Å². The zero-order chi connectivity index (χ0) is 30.5. The lowest BCUT2D eigenvalue weighted by Crippen LogP contribution is -2.48. The van der Waals surface area contributed by atoms with Gasteiger partial charge in [0.2, 0.25) is 0 Å². The molecule has 0 spiro atoms. The summed E-state index contributed by atoms with van der Waals surface area (Å²) in [6.45, 7) is -10.3. The number of hydrogen-bond acceptors (Lipinski definition) is 4. The smallest absolute Gasteiger partial charge is 0.161 e. The van der Waals surface area contributed by atoms with Gasteiger partial charge < -0.3 is 14.6 Å². The molecule has 1 N–H and O–H groups in total. The van der Waals surface area contributed by atoms with E-state index in [1.807, 2.05) is 0 Å². The first kappa shape index (κ1) is 6.81. The number of aliphatic hydroxyl groups is 1. The second-order valence-corrected chi connectivity index (χ2v) is 6.01. The van der Waals surface area contributed by atoms with Crippen LogP contribution in [0.15, 0.2) is 12.1 Å². The summed E-state index contributed by atoms with van der Waals surface area (Å²) in [4.78, 5) is 0.570. The summed E-state index contributed by atoms with van der Waals surface area (Å²) in [5.41, 5.74) is -4.23. The first-order chi connectivity index (χ1) is 17.3. The second kappa shape index (κ2) is 6.57. The summed E-state index contributed by atoms with van der Waals surface area (Å²) in [5.74, 6) is -2.61. The van der Waals surface area contributed by atoms with E-state index in [2.05, 4.69) is 0 Å². The summed E-state index contributed by atoms with van der Waals surface area (Å²) < 4.78 is 136. The molecular formula is C20H31NO3. The number of benzene rings is 1. The van der Waals surface area contributed by atoms with Crippen LogP contribution in [0.25, 0.3) is 0 Å². The molecule has 3 unspecified atom stereocenters. The van der Waals surface area contributed by atoms with Gasteiger partial charge in [-0.05, 0) is 53.7 Å². The third-order valence-corrected chi connectivity index (χ3v) is 3.99. The molecule has 2 aliphatic rings. The van der Waals surface area contributed by atoms with Gasteiger partial charge in [0.25, 0.3) is 0 Å². The Labute approximate surface area is 166 Å². The Morgan fingerprint density at radius 3 is 2.83 bits per heavy atom. The third-order valence-electron chi connectivity index (χ3n) is 3.99. The molecule has 2 aliphatic heterocycles. The van der Waals surface area contributed by atoms with Crippen LogP contribution in [-0.4, -0.2) is 43.4 Å². The maximum absolute atomic E-state index is 11.2. The predicted octanol–water partition coefficient (Wildman–Crippen LogP) is 3.42. The van der Waals surface area contributed by atoms with E-state index in [1.54, 1.807) is 0 Å². The van der Waals surface area contributed by atoms with Crippen LogP contribution < -0.4 is 9.47 Å². The molecule has 0 radical (unpaired) electrons. The first-order valence-corrected chi connectivity index (χ1v) is 7.54. The molecule has 2 heterocycles. The van der Waals surface area contributed by atoms with Crippen molar-refractivity contribution in [2.75, 3.05) is 27.3 Å². The largest absolute Gasteiger partial charge is 0.493 e.